The lowest BCUT2D eigenvalue weighted by Gasteiger charge is -2.11. The van der Waals surface area contributed by atoms with E-state index in [1.54, 1.807) is 0 Å². The zero-order chi connectivity index (χ0) is 13.7. The molecule has 0 N–H and O–H groups in total. The van der Waals surface area contributed by atoms with E-state index in [0.29, 0.717) is 16.9 Å². The third kappa shape index (κ3) is 1.52. The van der Waals surface area contributed by atoms with Crippen LogP contribution in [0.5, 0.6) is 0 Å². The summed E-state index contributed by atoms with van der Waals surface area (Å²) in [7, 11) is 0. The standard InChI is InChI=1S/C17H14O3/c18-14-9-13-11-7-3-4-8-12(11)16(19)15(13)17(20-14)10-5-1-2-6-10/h3-4,7-10H,1-2,5-6H2. The predicted octanol–water partition coefficient (Wildman–Crippen LogP) is 3.51. The molecule has 0 bridgehead atoms. The minimum Gasteiger partial charge on any atom is -0.427 e. The van der Waals surface area contributed by atoms with Crippen LogP contribution in [0.3, 0.4) is 0 Å². The Morgan fingerprint density at radius 2 is 1.65 bits per heavy atom. The first-order valence-electron chi connectivity index (χ1n) is 7.08. The average Bonchev–Trinajstić information content (AvgIpc) is 3.07. The van der Waals surface area contributed by atoms with E-state index in [-0.39, 0.29) is 17.3 Å². The first-order valence-corrected chi connectivity index (χ1v) is 7.08. The SMILES string of the molecule is O=C1c2ccccc2-c2cc(=O)oc(C3CCCC3)c21. The summed E-state index contributed by atoms with van der Waals surface area (Å²) in [4.78, 5) is 24.5. The topological polar surface area (TPSA) is 47.3 Å². The highest BCUT2D eigenvalue weighted by Gasteiger charge is 2.34. The minimum absolute atomic E-state index is 0.00116. The van der Waals surface area contributed by atoms with Crippen molar-refractivity contribution in [2.75, 3.05) is 0 Å². The fourth-order valence-electron chi connectivity index (χ4n) is 3.48. The van der Waals surface area contributed by atoms with Crippen LogP contribution in [-0.4, -0.2) is 5.78 Å². The van der Waals surface area contributed by atoms with E-state index in [1.807, 2.05) is 24.3 Å². The van der Waals surface area contributed by atoms with Gasteiger partial charge in [-0.15, -0.1) is 0 Å². The van der Waals surface area contributed by atoms with Crippen LogP contribution in [0.1, 0.15) is 53.3 Å². The zero-order valence-electron chi connectivity index (χ0n) is 11.0. The number of ketones is 1. The molecule has 100 valence electrons. The van der Waals surface area contributed by atoms with Crippen molar-refractivity contribution in [2.45, 2.75) is 31.6 Å². The molecule has 1 aromatic heterocycles. The number of hydrogen-bond acceptors (Lipinski definition) is 3. The van der Waals surface area contributed by atoms with Gasteiger partial charge >= 0.3 is 5.63 Å². The fourth-order valence-corrected chi connectivity index (χ4v) is 3.48. The Labute approximate surface area is 116 Å². The molecule has 3 heteroatoms. The average molecular weight is 266 g/mol. The van der Waals surface area contributed by atoms with Gasteiger partial charge in [0.25, 0.3) is 0 Å². The lowest BCUT2D eigenvalue weighted by molar-refractivity contribution is 0.103. The molecule has 0 aliphatic heterocycles. The maximum Gasteiger partial charge on any atom is 0.336 e. The number of carbonyl (C=O) groups is 1. The van der Waals surface area contributed by atoms with E-state index in [1.165, 1.54) is 6.07 Å². The second-order valence-electron chi connectivity index (χ2n) is 5.57. The maximum absolute atomic E-state index is 12.6. The Hall–Kier alpha value is -2.16. The van der Waals surface area contributed by atoms with Gasteiger partial charge in [-0.3, -0.25) is 4.79 Å². The maximum atomic E-state index is 12.6. The highest BCUT2D eigenvalue weighted by Crippen LogP contribution is 2.43. The van der Waals surface area contributed by atoms with Crippen LogP contribution in [0, 0.1) is 0 Å². The molecular formula is C17H14O3. The van der Waals surface area contributed by atoms with E-state index in [2.05, 4.69) is 0 Å². The van der Waals surface area contributed by atoms with E-state index in [4.69, 9.17) is 4.42 Å². The van der Waals surface area contributed by atoms with Gasteiger partial charge in [0, 0.05) is 23.1 Å². The van der Waals surface area contributed by atoms with Gasteiger partial charge in [-0.2, -0.15) is 0 Å². The van der Waals surface area contributed by atoms with Crippen molar-refractivity contribution in [3.63, 3.8) is 0 Å². The molecule has 0 amide bonds. The second kappa shape index (κ2) is 4.17. The van der Waals surface area contributed by atoms with Crippen molar-refractivity contribution in [2.24, 2.45) is 0 Å². The summed E-state index contributed by atoms with van der Waals surface area (Å²) in [6.07, 6.45) is 4.28. The molecule has 0 spiro atoms. The molecule has 0 atom stereocenters. The van der Waals surface area contributed by atoms with Gasteiger partial charge in [-0.25, -0.2) is 4.79 Å². The predicted molar refractivity (Wildman–Crippen MR) is 75.1 cm³/mol. The molecule has 2 aliphatic carbocycles. The molecule has 2 aliphatic rings. The van der Waals surface area contributed by atoms with Gasteiger partial charge in [-0.1, -0.05) is 37.1 Å². The first-order chi connectivity index (χ1) is 9.75. The van der Waals surface area contributed by atoms with Crippen molar-refractivity contribution in [1.82, 2.24) is 0 Å². The van der Waals surface area contributed by atoms with Crippen LogP contribution in [0.15, 0.2) is 39.5 Å². The monoisotopic (exact) mass is 266 g/mol. The van der Waals surface area contributed by atoms with Gasteiger partial charge in [0.2, 0.25) is 0 Å². The molecule has 1 aromatic carbocycles. The fraction of sp³-hybridized carbons (Fsp3) is 0.294. The quantitative estimate of drug-likeness (QED) is 0.677. The Morgan fingerprint density at radius 3 is 2.40 bits per heavy atom. The Morgan fingerprint density at radius 1 is 0.950 bits per heavy atom. The number of benzene rings is 1. The third-order valence-corrected chi connectivity index (χ3v) is 4.40. The summed E-state index contributed by atoms with van der Waals surface area (Å²) < 4.78 is 5.43. The largest absolute Gasteiger partial charge is 0.427 e. The molecule has 1 heterocycles. The summed E-state index contributed by atoms with van der Waals surface area (Å²) in [6.45, 7) is 0. The Balaban J connectivity index is 2.00. The van der Waals surface area contributed by atoms with E-state index < -0.39 is 0 Å². The molecule has 4 rings (SSSR count). The van der Waals surface area contributed by atoms with Crippen LogP contribution in [0.4, 0.5) is 0 Å². The van der Waals surface area contributed by atoms with Crippen LogP contribution in [0.2, 0.25) is 0 Å². The van der Waals surface area contributed by atoms with Gasteiger partial charge in [-0.05, 0) is 18.4 Å². The molecule has 0 unspecified atom stereocenters. The van der Waals surface area contributed by atoms with Crippen LogP contribution in [0.25, 0.3) is 11.1 Å². The van der Waals surface area contributed by atoms with Crippen molar-refractivity contribution >= 4 is 5.78 Å². The summed E-state index contributed by atoms with van der Waals surface area (Å²) in [5.41, 5.74) is 2.57. The molecule has 0 saturated heterocycles. The number of fused-ring (bicyclic) bond motifs is 3. The molecule has 1 fully saturated rings. The Kier molecular flexibility index (Phi) is 2.43. The molecule has 1 saturated carbocycles. The molecule has 0 radical (unpaired) electrons. The highest BCUT2D eigenvalue weighted by atomic mass is 16.4. The van der Waals surface area contributed by atoms with Crippen LogP contribution < -0.4 is 5.63 Å². The zero-order valence-corrected chi connectivity index (χ0v) is 11.0. The molecule has 20 heavy (non-hydrogen) atoms. The van der Waals surface area contributed by atoms with E-state index in [9.17, 15) is 9.59 Å². The van der Waals surface area contributed by atoms with E-state index >= 15 is 0 Å². The Bertz CT molecular complexity index is 764. The molecular weight excluding hydrogens is 252 g/mol. The third-order valence-electron chi connectivity index (χ3n) is 4.40. The number of carbonyl (C=O) groups excluding carboxylic acids is 1. The van der Waals surface area contributed by atoms with Gasteiger partial charge < -0.3 is 4.42 Å². The van der Waals surface area contributed by atoms with Crippen molar-refractivity contribution in [3.05, 3.63) is 57.6 Å². The molecule has 2 aromatic rings. The smallest absolute Gasteiger partial charge is 0.336 e. The highest BCUT2D eigenvalue weighted by molar-refractivity contribution is 6.22. The van der Waals surface area contributed by atoms with Crippen LogP contribution >= 0.6 is 0 Å². The lowest BCUT2D eigenvalue weighted by Crippen LogP contribution is -2.09. The molecule has 3 nitrogen and oxygen atoms in total. The normalized spacial score (nSPS) is 17.3. The lowest BCUT2D eigenvalue weighted by atomic mass is 9.97. The summed E-state index contributed by atoms with van der Waals surface area (Å²) in [5, 5.41) is 0. The van der Waals surface area contributed by atoms with E-state index in [0.717, 1.165) is 36.8 Å². The van der Waals surface area contributed by atoms with Crippen molar-refractivity contribution in [1.29, 1.82) is 0 Å². The number of rotatable bonds is 1. The minimum atomic E-state index is -0.352. The number of hydrogen-bond donors (Lipinski definition) is 0. The van der Waals surface area contributed by atoms with Crippen LogP contribution in [-0.2, 0) is 0 Å². The summed E-state index contributed by atoms with van der Waals surface area (Å²) in [6, 6.07) is 8.92. The van der Waals surface area contributed by atoms with Crippen molar-refractivity contribution in [3.8, 4) is 11.1 Å². The summed E-state index contributed by atoms with van der Waals surface area (Å²) in [5.74, 6) is 0.836. The van der Waals surface area contributed by atoms with Gasteiger partial charge in [0.15, 0.2) is 5.78 Å². The second-order valence-corrected chi connectivity index (χ2v) is 5.57. The van der Waals surface area contributed by atoms with Gasteiger partial charge in [0.05, 0.1) is 5.56 Å². The van der Waals surface area contributed by atoms with Crippen molar-refractivity contribution < 1.29 is 9.21 Å². The van der Waals surface area contributed by atoms with Gasteiger partial charge in [0.1, 0.15) is 5.76 Å². The summed E-state index contributed by atoms with van der Waals surface area (Å²) >= 11 is 0. The first kappa shape index (κ1) is 11.6.